The molecule has 6 heteroatoms. The molecule has 0 bridgehead atoms. The fourth-order valence-corrected chi connectivity index (χ4v) is 3.39. The molecule has 1 aromatic heterocycles. The topological polar surface area (TPSA) is 69.2 Å². The van der Waals surface area contributed by atoms with Crippen molar-refractivity contribution in [2.75, 3.05) is 19.0 Å². The van der Waals surface area contributed by atoms with Crippen LogP contribution in [0.5, 0.6) is 0 Å². The molecule has 3 aromatic carbocycles. The molecular weight excluding hydrogens is 410 g/mol. The fraction of sp³-hybridized carbons (Fsp3) is 0.120. The highest BCUT2D eigenvalue weighted by atomic mass is 35.5. The van der Waals surface area contributed by atoms with E-state index in [-0.39, 0.29) is 12.4 Å². The van der Waals surface area contributed by atoms with Crippen molar-refractivity contribution in [2.24, 2.45) is 0 Å². The summed E-state index contributed by atoms with van der Waals surface area (Å²) in [5.74, 6) is -0.0479. The van der Waals surface area contributed by atoms with E-state index < -0.39 is 5.97 Å². The van der Waals surface area contributed by atoms with Gasteiger partial charge in [-0.1, -0.05) is 42.5 Å². The second-order valence-electron chi connectivity index (χ2n) is 7.45. The van der Waals surface area contributed by atoms with E-state index in [1.54, 1.807) is 6.08 Å². The number of nitrogens with one attached hydrogen (secondary N) is 1. The molecule has 0 aliphatic heterocycles. The summed E-state index contributed by atoms with van der Waals surface area (Å²) in [4.78, 5) is 20.8. The number of H-pyrrole nitrogens is 1. The number of benzene rings is 3. The van der Waals surface area contributed by atoms with Gasteiger partial charge in [-0.05, 0) is 52.6 Å². The summed E-state index contributed by atoms with van der Waals surface area (Å²) in [5.41, 5.74) is 7.42. The van der Waals surface area contributed by atoms with Crippen molar-refractivity contribution >= 4 is 41.2 Å². The first-order valence-electron chi connectivity index (χ1n) is 9.74. The van der Waals surface area contributed by atoms with Gasteiger partial charge in [0.25, 0.3) is 0 Å². The maximum Gasteiger partial charge on any atom is 0.328 e. The average Bonchev–Trinajstić information content (AvgIpc) is 3.14. The van der Waals surface area contributed by atoms with E-state index in [0.29, 0.717) is 6.42 Å². The van der Waals surface area contributed by atoms with Crippen LogP contribution in [0, 0.1) is 0 Å². The van der Waals surface area contributed by atoms with Crippen LogP contribution in [0.4, 0.5) is 5.69 Å². The molecule has 0 atom stereocenters. The molecule has 0 amide bonds. The van der Waals surface area contributed by atoms with Gasteiger partial charge in [0.15, 0.2) is 0 Å². The van der Waals surface area contributed by atoms with Gasteiger partial charge in [-0.15, -0.1) is 12.4 Å². The highest BCUT2D eigenvalue weighted by Crippen LogP contribution is 2.26. The Balaban J connectivity index is 0.00000272. The summed E-state index contributed by atoms with van der Waals surface area (Å²) < 4.78 is 0. The minimum Gasteiger partial charge on any atom is -0.478 e. The number of imidazole rings is 1. The van der Waals surface area contributed by atoms with Gasteiger partial charge in [0.05, 0.1) is 11.0 Å². The highest BCUT2D eigenvalue weighted by molar-refractivity contribution is 5.86. The second-order valence-corrected chi connectivity index (χ2v) is 7.45. The van der Waals surface area contributed by atoms with Crippen LogP contribution in [0.2, 0.25) is 0 Å². The number of anilines is 1. The zero-order valence-corrected chi connectivity index (χ0v) is 18.2. The van der Waals surface area contributed by atoms with Crippen LogP contribution in [0.1, 0.15) is 17.0 Å². The number of nitrogens with zero attached hydrogens (tertiary/aromatic N) is 2. The maximum atomic E-state index is 10.6. The van der Waals surface area contributed by atoms with Crippen molar-refractivity contribution in [3.63, 3.8) is 0 Å². The number of carboxylic acids is 1. The summed E-state index contributed by atoms with van der Waals surface area (Å²) in [5, 5.41) is 8.72. The van der Waals surface area contributed by atoms with E-state index in [0.717, 1.165) is 39.6 Å². The predicted octanol–water partition coefficient (Wildman–Crippen LogP) is 5.41. The number of aliphatic carboxylic acids is 1. The van der Waals surface area contributed by atoms with Crippen LogP contribution in [0.15, 0.2) is 72.8 Å². The summed E-state index contributed by atoms with van der Waals surface area (Å²) in [7, 11) is 4.07. The largest absolute Gasteiger partial charge is 0.478 e. The first kappa shape index (κ1) is 22.1. The van der Waals surface area contributed by atoms with Crippen LogP contribution in [-0.4, -0.2) is 35.1 Å². The van der Waals surface area contributed by atoms with Crippen molar-refractivity contribution in [3.05, 3.63) is 89.8 Å². The molecule has 0 saturated heterocycles. The molecular formula is C25H24ClN3O2. The molecule has 158 valence electrons. The molecule has 2 N–H and O–H groups in total. The van der Waals surface area contributed by atoms with E-state index in [2.05, 4.69) is 46.3 Å². The third kappa shape index (κ3) is 5.32. The van der Waals surface area contributed by atoms with Gasteiger partial charge in [0.2, 0.25) is 0 Å². The molecule has 0 radical (unpaired) electrons. The Kier molecular flexibility index (Phi) is 6.78. The lowest BCUT2D eigenvalue weighted by atomic mass is 10.0. The summed E-state index contributed by atoms with van der Waals surface area (Å²) >= 11 is 0. The number of fused-ring (bicyclic) bond motifs is 1. The number of halogens is 1. The van der Waals surface area contributed by atoms with Gasteiger partial charge in [0, 0.05) is 32.3 Å². The van der Waals surface area contributed by atoms with Gasteiger partial charge >= 0.3 is 5.97 Å². The average molecular weight is 434 g/mol. The van der Waals surface area contributed by atoms with E-state index in [1.165, 1.54) is 11.3 Å². The van der Waals surface area contributed by atoms with Crippen LogP contribution in [0.3, 0.4) is 0 Å². The predicted molar refractivity (Wildman–Crippen MR) is 129 cm³/mol. The molecule has 0 aliphatic carbocycles. The monoisotopic (exact) mass is 433 g/mol. The number of rotatable bonds is 6. The van der Waals surface area contributed by atoms with Gasteiger partial charge in [0.1, 0.15) is 5.82 Å². The van der Waals surface area contributed by atoms with E-state index in [9.17, 15) is 4.79 Å². The van der Waals surface area contributed by atoms with Crippen LogP contribution in [0.25, 0.3) is 28.2 Å². The maximum absolute atomic E-state index is 10.6. The number of hydrogen-bond donors (Lipinski definition) is 2. The van der Waals surface area contributed by atoms with E-state index in [4.69, 9.17) is 10.1 Å². The lowest BCUT2D eigenvalue weighted by molar-refractivity contribution is -0.131. The number of carboxylic acid groups (broad SMARTS) is 1. The minimum absolute atomic E-state index is 0. The smallest absolute Gasteiger partial charge is 0.328 e. The molecule has 0 saturated carbocycles. The molecule has 0 fully saturated rings. The minimum atomic E-state index is -0.950. The summed E-state index contributed by atoms with van der Waals surface area (Å²) in [6.45, 7) is 0. The van der Waals surface area contributed by atoms with E-state index in [1.807, 2.05) is 44.4 Å². The highest BCUT2D eigenvalue weighted by Gasteiger charge is 2.07. The third-order valence-electron chi connectivity index (χ3n) is 5.02. The van der Waals surface area contributed by atoms with Crippen LogP contribution < -0.4 is 4.90 Å². The van der Waals surface area contributed by atoms with Gasteiger partial charge < -0.3 is 15.0 Å². The van der Waals surface area contributed by atoms with Gasteiger partial charge in [-0.3, -0.25) is 0 Å². The first-order chi connectivity index (χ1) is 14.5. The Morgan fingerprint density at radius 3 is 2.32 bits per heavy atom. The SMILES string of the molecule is CN(C)c1ccc(-c2ccc3nc(Cc4ccc(/C=C/C(=O)O)cc4)[nH]c3c2)cc1.Cl. The Morgan fingerprint density at radius 1 is 1.00 bits per heavy atom. The van der Waals surface area contributed by atoms with Crippen LogP contribution in [-0.2, 0) is 11.2 Å². The molecule has 0 spiro atoms. The van der Waals surface area contributed by atoms with Crippen molar-refractivity contribution in [3.8, 4) is 11.1 Å². The van der Waals surface area contributed by atoms with Crippen molar-refractivity contribution in [2.45, 2.75) is 6.42 Å². The lowest BCUT2D eigenvalue weighted by Gasteiger charge is -2.12. The zero-order valence-electron chi connectivity index (χ0n) is 17.4. The number of carbonyl (C=O) groups is 1. The zero-order chi connectivity index (χ0) is 21.1. The Hall–Kier alpha value is -3.57. The Bertz CT molecular complexity index is 1210. The standard InChI is InChI=1S/C25H23N3O2.ClH/c1-28(2)21-11-8-19(9-12-21)20-10-13-22-23(16-20)27-24(26-22)15-18-5-3-17(4-6-18)7-14-25(29)30;/h3-14,16H,15H2,1-2H3,(H,26,27)(H,29,30);1H/b14-7+;. The summed E-state index contributed by atoms with van der Waals surface area (Å²) in [6.07, 6.45) is 3.41. The van der Waals surface area contributed by atoms with Gasteiger partial charge in [-0.25, -0.2) is 9.78 Å². The van der Waals surface area contributed by atoms with Crippen molar-refractivity contribution in [1.82, 2.24) is 9.97 Å². The first-order valence-corrected chi connectivity index (χ1v) is 9.74. The molecule has 31 heavy (non-hydrogen) atoms. The molecule has 4 aromatic rings. The number of hydrogen-bond acceptors (Lipinski definition) is 3. The van der Waals surface area contributed by atoms with Crippen LogP contribution >= 0.6 is 12.4 Å². The number of aromatic amines is 1. The molecule has 1 heterocycles. The normalized spacial score (nSPS) is 10.9. The molecule has 0 aliphatic rings. The summed E-state index contributed by atoms with van der Waals surface area (Å²) in [6, 6.07) is 22.6. The van der Waals surface area contributed by atoms with Crippen molar-refractivity contribution < 1.29 is 9.90 Å². The Labute approximate surface area is 187 Å². The second kappa shape index (κ2) is 9.49. The molecule has 0 unspecified atom stereocenters. The van der Waals surface area contributed by atoms with Crippen molar-refractivity contribution in [1.29, 1.82) is 0 Å². The van der Waals surface area contributed by atoms with Gasteiger partial charge in [-0.2, -0.15) is 0 Å². The Morgan fingerprint density at radius 2 is 1.68 bits per heavy atom. The number of aromatic nitrogens is 2. The fourth-order valence-electron chi connectivity index (χ4n) is 3.39. The molecule has 5 nitrogen and oxygen atoms in total. The molecule has 4 rings (SSSR count). The van der Waals surface area contributed by atoms with E-state index >= 15 is 0 Å². The third-order valence-corrected chi connectivity index (χ3v) is 5.02. The quantitative estimate of drug-likeness (QED) is 0.399. The lowest BCUT2D eigenvalue weighted by Crippen LogP contribution is -2.07.